The number of hydrogen-bond acceptors (Lipinski definition) is 8. The van der Waals surface area contributed by atoms with Crippen molar-refractivity contribution in [1.82, 2.24) is 25.0 Å². The summed E-state index contributed by atoms with van der Waals surface area (Å²) in [5.41, 5.74) is 2.36. The fourth-order valence-corrected chi connectivity index (χ4v) is 5.04. The van der Waals surface area contributed by atoms with Crippen molar-refractivity contribution >= 4 is 45.5 Å². The summed E-state index contributed by atoms with van der Waals surface area (Å²) in [6, 6.07) is 9.59. The molecule has 0 aliphatic rings. The van der Waals surface area contributed by atoms with E-state index < -0.39 is 0 Å². The van der Waals surface area contributed by atoms with Crippen LogP contribution < -0.4 is 5.32 Å². The van der Waals surface area contributed by atoms with E-state index in [2.05, 4.69) is 37.0 Å². The van der Waals surface area contributed by atoms with Gasteiger partial charge < -0.3 is 0 Å². The Kier molecular flexibility index (Phi) is 5.51. The number of rotatable bonds is 6. The number of nitrogens with zero attached hydrogens (tertiary/aromatic N) is 5. The van der Waals surface area contributed by atoms with Crippen LogP contribution in [0.15, 0.2) is 46.2 Å². The van der Waals surface area contributed by atoms with Crippen molar-refractivity contribution in [2.75, 3.05) is 5.32 Å². The van der Waals surface area contributed by atoms with Gasteiger partial charge >= 0.3 is 0 Å². The zero-order valence-electron chi connectivity index (χ0n) is 15.1. The maximum Gasteiger partial charge on any atom is 0.259 e. The van der Waals surface area contributed by atoms with Crippen molar-refractivity contribution in [2.45, 2.75) is 23.9 Å². The summed E-state index contributed by atoms with van der Waals surface area (Å²) in [5, 5.41) is 17.9. The normalized spacial score (nSPS) is 10.9. The third-order valence-corrected chi connectivity index (χ3v) is 6.86. The first-order valence-electron chi connectivity index (χ1n) is 8.38. The number of amides is 1. The molecule has 0 radical (unpaired) electrons. The Morgan fingerprint density at radius 3 is 2.82 bits per heavy atom. The highest BCUT2D eigenvalue weighted by atomic mass is 32.2. The van der Waals surface area contributed by atoms with Crippen molar-refractivity contribution in [3.63, 3.8) is 0 Å². The average Bonchev–Trinajstić information content (AvgIpc) is 3.42. The highest BCUT2D eigenvalue weighted by Gasteiger charge is 2.12. The zero-order chi connectivity index (χ0) is 19.5. The van der Waals surface area contributed by atoms with Gasteiger partial charge in [-0.15, -0.1) is 21.5 Å². The maximum atomic E-state index is 12.4. The third-order valence-electron chi connectivity index (χ3n) is 3.78. The average molecular weight is 429 g/mol. The lowest BCUT2D eigenvalue weighted by molar-refractivity contribution is 0.102. The number of carbonyl (C=O) groups excluding carboxylic acids is 1. The molecule has 0 spiro atoms. The van der Waals surface area contributed by atoms with E-state index in [-0.39, 0.29) is 5.91 Å². The number of aromatic nitrogens is 5. The molecule has 0 aliphatic carbocycles. The van der Waals surface area contributed by atoms with Gasteiger partial charge in [0.25, 0.3) is 5.91 Å². The lowest BCUT2D eigenvalue weighted by Gasteiger charge is -2.05. The smallest absolute Gasteiger partial charge is 0.259 e. The molecular formula is C18H16N6OS3. The lowest BCUT2D eigenvalue weighted by atomic mass is 10.2. The van der Waals surface area contributed by atoms with Gasteiger partial charge in [-0.3, -0.25) is 10.1 Å². The summed E-state index contributed by atoms with van der Waals surface area (Å²) in [4.78, 5) is 18.1. The molecule has 1 amide bonds. The van der Waals surface area contributed by atoms with Crippen LogP contribution in [0.2, 0.25) is 0 Å². The molecule has 0 saturated heterocycles. The third kappa shape index (κ3) is 4.29. The van der Waals surface area contributed by atoms with E-state index in [1.807, 2.05) is 26.0 Å². The molecule has 4 heterocycles. The molecule has 0 atom stereocenters. The first kappa shape index (κ1) is 18.8. The zero-order valence-corrected chi connectivity index (χ0v) is 17.6. The number of aryl methyl sites for hydroxylation is 2. The van der Waals surface area contributed by atoms with Crippen molar-refractivity contribution < 1.29 is 4.79 Å². The predicted molar refractivity (Wildman–Crippen MR) is 113 cm³/mol. The predicted octanol–water partition coefficient (Wildman–Crippen LogP) is 4.34. The minimum Gasteiger partial charge on any atom is -0.296 e. The number of carbonyl (C=O) groups is 1. The lowest BCUT2D eigenvalue weighted by Crippen LogP contribution is -2.12. The van der Waals surface area contributed by atoms with Crippen LogP contribution in [0, 0.1) is 13.8 Å². The second kappa shape index (κ2) is 8.21. The summed E-state index contributed by atoms with van der Waals surface area (Å²) in [7, 11) is 0. The van der Waals surface area contributed by atoms with Gasteiger partial charge in [0.15, 0.2) is 10.2 Å². The molecule has 0 bridgehead atoms. The second-order valence-electron chi connectivity index (χ2n) is 5.94. The Morgan fingerprint density at radius 1 is 1.25 bits per heavy atom. The van der Waals surface area contributed by atoms with Crippen LogP contribution >= 0.6 is 34.4 Å². The minimum absolute atomic E-state index is 0.265. The van der Waals surface area contributed by atoms with Gasteiger partial charge in [-0.25, -0.2) is 9.67 Å². The van der Waals surface area contributed by atoms with E-state index in [1.54, 1.807) is 39.9 Å². The summed E-state index contributed by atoms with van der Waals surface area (Å²) >= 11 is 4.68. The summed E-state index contributed by atoms with van der Waals surface area (Å²) < 4.78 is 2.57. The van der Waals surface area contributed by atoms with Crippen molar-refractivity contribution in [2.24, 2.45) is 0 Å². The van der Waals surface area contributed by atoms with Crippen molar-refractivity contribution in [3.05, 3.63) is 63.7 Å². The molecule has 4 aromatic heterocycles. The number of nitrogens with one attached hydrogen (secondary N) is 1. The van der Waals surface area contributed by atoms with E-state index in [0.29, 0.717) is 16.5 Å². The van der Waals surface area contributed by atoms with E-state index in [9.17, 15) is 4.79 Å². The first-order chi connectivity index (χ1) is 13.6. The molecular weight excluding hydrogens is 412 g/mol. The number of anilines is 1. The molecule has 1 N–H and O–H groups in total. The molecule has 28 heavy (non-hydrogen) atoms. The van der Waals surface area contributed by atoms with Crippen LogP contribution in [0.4, 0.5) is 5.13 Å². The standard InChI is InChI=1S/C18H16N6OS3/c1-11-8-12(2)24(23-11)15-6-5-13(9-19-15)16(25)20-17-21-22-18(28-17)27-10-14-4-3-7-26-14/h3-9H,10H2,1-2H3,(H,20,21,25). The van der Waals surface area contributed by atoms with Crippen LogP contribution in [0.5, 0.6) is 0 Å². The van der Waals surface area contributed by atoms with Crippen LogP contribution in [0.1, 0.15) is 26.6 Å². The van der Waals surface area contributed by atoms with E-state index in [1.165, 1.54) is 22.4 Å². The fourth-order valence-electron chi connectivity index (χ4n) is 2.52. The van der Waals surface area contributed by atoms with Crippen molar-refractivity contribution in [1.29, 1.82) is 0 Å². The minimum atomic E-state index is -0.265. The Hall–Kier alpha value is -2.56. The van der Waals surface area contributed by atoms with Gasteiger partial charge in [0.1, 0.15) is 0 Å². The quantitative estimate of drug-likeness (QED) is 0.363. The van der Waals surface area contributed by atoms with Gasteiger partial charge in [0, 0.05) is 22.5 Å². The molecule has 0 aliphatic heterocycles. The highest BCUT2D eigenvalue weighted by Crippen LogP contribution is 2.29. The first-order valence-corrected chi connectivity index (χ1v) is 11.1. The molecule has 0 saturated carbocycles. The summed E-state index contributed by atoms with van der Waals surface area (Å²) in [6.07, 6.45) is 1.54. The Balaban J connectivity index is 1.39. The number of pyridine rings is 1. The monoisotopic (exact) mass is 428 g/mol. The number of thiophene rings is 1. The Morgan fingerprint density at radius 2 is 2.14 bits per heavy atom. The van der Waals surface area contributed by atoms with Crippen molar-refractivity contribution in [3.8, 4) is 5.82 Å². The molecule has 4 aromatic rings. The van der Waals surface area contributed by atoms with E-state index >= 15 is 0 Å². The molecule has 142 valence electrons. The van der Waals surface area contributed by atoms with Crippen LogP contribution in [-0.4, -0.2) is 30.9 Å². The van der Waals surface area contributed by atoms with Gasteiger partial charge in [-0.05, 0) is 43.5 Å². The van der Waals surface area contributed by atoms with Crippen LogP contribution in [-0.2, 0) is 5.75 Å². The van der Waals surface area contributed by atoms with Crippen LogP contribution in [0.25, 0.3) is 5.82 Å². The highest BCUT2D eigenvalue weighted by molar-refractivity contribution is 8.00. The molecule has 0 aromatic carbocycles. The van der Waals surface area contributed by atoms with E-state index in [4.69, 9.17) is 0 Å². The van der Waals surface area contributed by atoms with Gasteiger partial charge in [-0.1, -0.05) is 29.2 Å². The Bertz CT molecular complexity index is 1090. The molecule has 0 unspecified atom stereocenters. The Labute approximate surface area is 173 Å². The molecule has 4 rings (SSSR count). The summed E-state index contributed by atoms with van der Waals surface area (Å²) in [6.45, 7) is 3.90. The second-order valence-corrected chi connectivity index (χ2v) is 9.17. The van der Waals surface area contributed by atoms with Gasteiger partial charge in [0.2, 0.25) is 5.13 Å². The van der Waals surface area contributed by atoms with Gasteiger partial charge in [0.05, 0.1) is 11.3 Å². The molecule has 10 heteroatoms. The topological polar surface area (TPSA) is 85.6 Å². The largest absolute Gasteiger partial charge is 0.296 e. The number of hydrogen-bond donors (Lipinski definition) is 1. The molecule has 7 nitrogen and oxygen atoms in total. The summed E-state index contributed by atoms with van der Waals surface area (Å²) in [5.74, 6) is 1.25. The van der Waals surface area contributed by atoms with Gasteiger partial charge in [-0.2, -0.15) is 5.10 Å². The number of thioether (sulfide) groups is 1. The molecule has 0 fully saturated rings. The fraction of sp³-hybridized carbons (Fsp3) is 0.167. The van der Waals surface area contributed by atoms with Crippen LogP contribution in [0.3, 0.4) is 0 Å². The maximum absolute atomic E-state index is 12.4. The SMILES string of the molecule is Cc1cc(C)n(-c2ccc(C(=O)Nc3nnc(SCc4cccs4)s3)cn2)n1. The van der Waals surface area contributed by atoms with E-state index in [0.717, 1.165) is 21.5 Å².